The molecule has 0 amide bonds. The second-order valence-electron chi connectivity index (χ2n) is 3.44. The molecule has 0 radical (unpaired) electrons. The fourth-order valence-electron chi connectivity index (χ4n) is 1.14. The first-order chi connectivity index (χ1) is 3.91. The van der Waals surface area contributed by atoms with Crippen molar-refractivity contribution in [3.05, 3.63) is 0 Å². The predicted octanol–water partition coefficient (Wildman–Crippen LogP) is 0.398. The van der Waals surface area contributed by atoms with E-state index in [1.807, 2.05) is 13.8 Å². The highest BCUT2D eigenvalue weighted by Crippen LogP contribution is 2.27. The molecule has 2 N–H and O–H groups in total. The second-order valence-corrected chi connectivity index (χ2v) is 3.44. The highest BCUT2D eigenvalue weighted by atomic mass is 16.8. The molecule has 1 heterocycles. The number of rotatable bonds is 0. The summed E-state index contributed by atoms with van der Waals surface area (Å²) in [7, 11) is 0. The highest BCUT2D eigenvalue weighted by Gasteiger charge is 2.39. The van der Waals surface area contributed by atoms with Crippen LogP contribution < -0.4 is 5.48 Å². The molecule has 0 spiro atoms. The summed E-state index contributed by atoms with van der Waals surface area (Å²) < 4.78 is 0. The average Bonchev–Trinajstić information content (AvgIpc) is 1.78. The third-order valence-electron chi connectivity index (χ3n) is 1.32. The van der Waals surface area contributed by atoms with Gasteiger partial charge in [-0.25, -0.2) is 0 Å². The Morgan fingerprint density at radius 2 is 2.00 bits per heavy atom. The lowest BCUT2D eigenvalue weighted by atomic mass is 9.98. The molecule has 1 saturated heterocycles. The summed E-state index contributed by atoms with van der Waals surface area (Å²) in [5.74, 6) is -0.983. The molecule has 1 atom stereocenters. The molecule has 3 heteroatoms. The molecular weight excluding hydrogens is 118 g/mol. The Hall–Kier alpha value is -0.120. The first-order valence-corrected chi connectivity index (χ1v) is 3.09. The normalized spacial score (nSPS) is 41.3. The summed E-state index contributed by atoms with van der Waals surface area (Å²) in [6.45, 7) is 5.61. The lowest BCUT2D eigenvalue weighted by Gasteiger charge is -2.14. The number of hydrogen-bond acceptors (Lipinski definition) is 3. The minimum Gasteiger partial charge on any atom is -0.364 e. The van der Waals surface area contributed by atoms with Crippen LogP contribution in [0.4, 0.5) is 0 Å². The Kier molecular flexibility index (Phi) is 1.31. The monoisotopic (exact) mass is 131 g/mol. The van der Waals surface area contributed by atoms with Crippen molar-refractivity contribution in [2.24, 2.45) is 0 Å². The number of nitrogens with one attached hydrogen (secondary N) is 1. The zero-order valence-corrected chi connectivity index (χ0v) is 6.06. The van der Waals surface area contributed by atoms with Crippen molar-refractivity contribution in [2.75, 3.05) is 0 Å². The van der Waals surface area contributed by atoms with Crippen LogP contribution in [0.25, 0.3) is 0 Å². The van der Waals surface area contributed by atoms with Gasteiger partial charge in [-0.15, -0.1) is 0 Å². The van der Waals surface area contributed by atoms with Crippen LogP contribution in [0.3, 0.4) is 0 Å². The zero-order chi connectivity index (χ0) is 7.12. The number of hydrogen-bond donors (Lipinski definition) is 2. The smallest absolute Gasteiger partial charge is 0.183 e. The Balaban J connectivity index is 2.58. The van der Waals surface area contributed by atoms with Crippen molar-refractivity contribution in [1.82, 2.24) is 5.48 Å². The molecule has 1 rings (SSSR count). The molecule has 9 heavy (non-hydrogen) atoms. The van der Waals surface area contributed by atoms with Crippen molar-refractivity contribution in [3.63, 3.8) is 0 Å². The topological polar surface area (TPSA) is 41.5 Å². The molecule has 0 aromatic heterocycles. The van der Waals surface area contributed by atoms with E-state index in [0.29, 0.717) is 6.42 Å². The summed E-state index contributed by atoms with van der Waals surface area (Å²) in [6.07, 6.45) is 0.625. The van der Waals surface area contributed by atoms with Crippen LogP contribution in [0.2, 0.25) is 0 Å². The Bertz CT molecular complexity index is 106. The summed E-state index contributed by atoms with van der Waals surface area (Å²) in [6, 6.07) is 0. The van der Waals surface area contributed by atoms with Crippen molar-refractivity contribution in [1.29, 1.82) is 0 Å². The van der Waals surface area contributed by atoms with Crippen LogP contribution in [0, 0.1) is 0 Å². The van der Waals surface area contributed by atoms with Crippen LogP contribution in [0.15, 0.2) is 0 Å². The van der Waals surface area contributed by atoms with Gasteiger partial charge in [0.25, 0.3) is 0 Å². The molecule has 0 aromatic carbocycles. The quantitative estimate of drug-likeness (QED) is 0.500. The van der Waals surface area contributed by atoms with Crippen LogP contribution in [-0.4, -0.2) is 16.4 Å². The molecular formula is C6H13NO2. The van der Waals surface area contributed by atoms with E-state index in [9.17, 15) is 5.11 Å². The van der Waals surface area contributed by atoms with Gasteiger partial charge in [-0.1, -0.05) is 0 Å². The van der Waals surface area contributed by atoms with Crippen molar-refractivity contribution >= 4 is 0 Å². The van der Waals surface area contributed by atoms with Gasteiger partial charge in [-0.05, 0) is 20.8 Å². The molecule has 0 aliphatic carbocycles. The maximum absolute atomic E-state index is 9.25. The molecule has 54 valence electrons. The van der Waals surface area contributed by atoms with E-state index in [2.05, 4.69) is 5.48 Å². The van der Waals surface area contributed by atoms with Crippen LogP contribution in [0.5, 0.6) is 0 Å². The SMILES string of the molecule is CC1(C)CC(C)(O)ON1. The van der Waals surface area contributed by atoms with E-state index in [1.165, 1.54) is 0 Å². The third-order valence-corrected chi connectivity index (χ3v) is 1.32. The second kappa shape index (κ2) is 1.68. The summed E-state index contributed by atoms with van der Waals surface area (Å²) >= 11 is 0. The molecule has 0 bridgehead atoms. The molecule has 0 saturated carbocycles. The van der Waals surface area contributed by atoms with Gasteiger partial charge in [0.05, 0.1) is 0 Å². The van der Waals surface area contributed by atoms with Crippen molar-refractivity contribution < 1.29 is 9.94 Å². The largest absolute Gasteiger partial charge is 0.364 e. The van der Waals surface area contributed by atoms with E-state index >= 15 is 0 Å². The maximum atomic E-state index is 9.25. The molecule has 1 fully saturated rings. The van der Waals surface area contributed by atoms with Crippen LogP contribution in [0.1, 0.15) is 27.2 Å². The van der Waals surface area contributed by atoms with E-state index in [-0.39, 0.29) is 5.54 Å². The number of aliphatic hydroxyl groups is 1. The van der Waals surface area contributed by atoms with Gasteiger partial charge in [0.15, 0.2) is 5.79 Å². The van der Waals surface area contributed by atoms with Crippen LogP contribution >= 0.6 is 0 Å². The van der Waals surface area contributed by atoms with Gasteiger partial charge in [0.1, 0.15) is 0 Å². The maximum Gasteiger partial charge on any atom is 0.183 e. The van der Waals surface area contributed by atoms with Gasteiger partial charge in [-0.2, -0.15) is 5.48 Å². The average molecular weight is 131 g/mol. The Labute approximate surface area is 55.0 Å². The summed E-state index contributed by atoms with van der Waals surface area (Å²) in [5.41, 5.74) is 2.64. The first-order valence-electron chi connectivity index (χ1n) is 3.09. The minimum absolute atomic E-state index is 0.0938. The molecule has 3 nitrogen and oxygen atoms in total. The van der Waals surface area contributed by atoms with E-state index < -0.39 is 5.79 Å². The minimum atomic E-state index is -0.983. The van der Waals surface area contributed by atoms with Gasteiger partial charge in [0.2, 0.25) is 0 Å². The molecule has 0 aromatic rings. The Morgan fingerprint density at radius 3 is 2.11 bits per heavy atom. The van der Waals surface area contributed by atoms with E-state index in [1.54, 1.807) is 6.92 Å². The van der Waals surface area contributed by atoms with Crippen molar-refractivity contribution in [2.45, 2.75) is 38.5 Å². The predicted molar refractivity (Wildman–Crippen MR) is 33.5 cm³/mol. The summed E-state index contributed by atoms with van der Waals surface area (Å²) in [5, 5.41) is 9.25. The third kappa shape index (κ3) is 1.64. The van der Waals surface area contributed by atoms with Gasteiger partial charge >= 0.3 is 0 Å². The van der Waals surface area contributed by atoms with Crippen molar-refractivity contribution in [3.8, 4) is 0 Å². The summed E-state index contributed by atoms with van der Waals surface area (Å²) in [4.78, 5) is 4.86. The standard InChI is InChI=1S/C6H13NO2/c1-5(2)4-6(3,8)9-7-5/h7-8H,4H2,1-3H3. The van der Waals surface area contributed by atoms with Gasteiger partial charge in [-0.3, -0.25) is 4.84 Å². The fraction of sp³-hybridized carbons (Fsp3) is 1.00. The Morgan fingerprint density at radius 1 is 1.44 bits per heavy atom. The lowest BCUT2D eigenvalue weighted by molar-refractivity contribution is -0.188. The van der Waals surface area contributed by atoms with E-state index in [4.69, 9.17) is 4.84 Å². The number of hydroxylamine groups is 1. The molecule has 1 unspecified atom stereocenters. The van der Waals surface area contributed by atoms with Gasteiger partial charge in [0, 0.05) is 12.0 Å². The van der Waals surface area contributed by atoms with Crippen LogP contribution in [-0.2, 0) is 4.84 Å². The van der Waals surface area contributed by atoms with Gasteiger partial charge < -0.3 is 5.11 Å². The first kappa shape index (κ1) is 6.99. The zero-order valence-electron chi connectivity index (χ0n) is 6.06. The highest BCUT2D eigenvalue weighted by molar-refractivity contribution is 4.84. The molecule has 1 aliphatic heterocycles. The lowest BCUT2D eigenvalue weighted by Crippen LogP contribution is -2.30. The molecule has 1 aliphatic rings. The van der Waals surface area contributed by atoms with E-state index in [0.717, 1.165) is 0 Å². The fourth-order valence-corrected chi connectivity index (χ4v) is 1.14.